The fourth-order valence-electron chi connectivity index (χ4n) is 1.95. The van der Waals surface area contributed by atoms with Crippen molar-refractivity contribution in [2.24, 2.45) is 0 Å². The first kappa shape index (κ1) is 16.8. The lowest BCUT2D eigenvalue weighted by atomic mass is 10.1. The molecule has 0 spiro atoms. The number of rotatable bonds is 3. The van der Waals surface area contributed by atoms with Crippen LogP contribution in [-0.2, 0) is 6.18 Å². The third-order valence-electron chi connectivity index (χ3n) is 3.18. The summed E-state index contributed by atoms with van der Waals surface area (Å²) < 4.78 is 52.4. The summed E-state index contributed by atoms with van der Waals surface area (Å²) in [6.07, 6.45) is -4.61. The van der Waals surface area contributed by atoms with E-state index in [-0.39, 0.29) is 11.3 Å². The fraction of sp³-hybridized carbons (Fsp3) is 0.188. The number of hydrogen-bond acceptors (Lipinski definition) is 2. The van der Waals surface area contributed by atoms with Crippen molar-refractivity contribution < 1.29 is 22.4 Å². The summed E-state index contributed by atoms with van der Waals surface area (Å²) in [6, 6.07) is 8.15. The first-order valence-electron chi connectivity index (χ1n) is 6.64. The van der Waals surface area contributed by atoms with E-state index in [4.69, 9.17) is 0 Å². The predicted molar refractivity (Wildman–Crippen MR) is 80.1 cm³/mol. The Hall–Kier alpha value is -2.57. The largest absolute Gasteiger partial charge is 0.418 e. The van der Waals surface area contributed by atoms with Crippen molar-refractivity contribution in [1.29, 1.82) is 0 Å². The maximum absolute atomic E-state index is 13.2. The summed E-state index contributed by atoms with van der Waals surface area (Å²) in [5.74, 6) is -1.28. The van der Waals surface area contributed by atoms with E-state index in [0.717, 1.165) is 18.2 Å². The van der Waals surface area contributed by atoms with Gasteiger partial charge in [0.1, 0.15) is 5.82 Å². The highest BCUT2D eigenvalue weighted by Crippen LogP contribution is 2.37. The second-order valence-corrected chi connectivity index (χ2v) is 5.08. The van der Waals surface area contributed by atoms with Crippen molar-refractivity contribution in [3.63, 3.8) is 0 Å². The van der Waals surface area contributed by atoms with Crippen LogP contribution in [0.4, 0.5) is 28.9 Å². The highest BCUT2D eigenvalue weighted by molar-refractivity contribution is 6.04. The smallest absolute Gasteiger partial charge is 0.378 e. The number of carbonyl (C=O) groups excluding carboxylic acids is 1. The predicted octanol–water partition coefficient (Wildman–Crippen LogP) is 4.16. The Morgan fingerprint density at radius 2 is 1.65 bits per heavy atom. The molecule has 0 aliphatic heterocycles. The Kier molecular flexibility index (Phi) is 4.58. The summed E-state index contributed by atoms with van der Waals surface area (Å²) in [4.78, 5) is 13.5. The van der Waals surface area contributed by atoms with E-state index in [1.807, 2.05) is 0 Å². The van der Waals surface area contributed by atoms with Crippen LogP contribution in [0.2, 0.25) is 0 Å². The number of amides is 1. The average molecular weight is 326 g/mol. The lowest BCUT2D eigenvalue weighted by molar-refractivity contribution is -0.136. The number of halogens is 4. The Balaban J connectivity index is 2.35. The van der Waals surface area contributed by atoms with Crippen LogP contribution < -0.4 is 10.2 Å². The van der Waals surface area contributed by atoms with Crippen LogP contribution in [0.5, 0.6) is 0 Å². The molecular formula is C16H14F4N2O. The Labute approximate surface area is 130 Å². The third kappa shape index (κ3) is 4.00. The van der Waals surface area contributed by atoms with Crippen LogP contribution in [0, 0.1) is 5.82 Å². The van der Waals surface area contributed by atoms with Crippen molar-refractivity contribution in [2.75, 3.05) is 24.3 Å². The molecular weight excluding hydrogens is 312 g/mol. The number of alkyl halides is 3. The average Bonchev–Trinajstić information content (AvgIpc) is 2.46. The minimum absolute atomic E-state index is 0.0659. The van der Waals surface area contributed by atoms with Crippen LogP contribution in [-0.4, -0.2) is 20.0 Å². The first-order chi connectivity index (χ1) is 10.7. The molecule has 0 aliphatic carbocycles. The second kappa shape index (κ2) is 6.28. The van der Waals surface area contributed by atoms with E-state index in [1.165, 1.54) is 29.2 Å². The van der Waals surface area contributed by atoms with Crippen LogP contribution in [0.3, 0.4) is 0 Å². The zero-order chi connectivity index (χ0) is 17.2. The van der Waals surface area contributed by atoms with Gasteiger partial charge in [-0.3, -0.25) is 4.79 Å². The monoisotopic (exact) mass is 326 g/mol. The summed E-state index contributed by atoms with van der Waals surface area (Å²) in [7, 11) is 3.23. The zero-order valence-electron chi connectivity index (χ0n) is 12.4. The quantitative estimate of drug-likeness (QED) is 0.859. The van der Waals surface area contributed by atoms with E-state index in [1.54, 1.807) is 14.1 Å². The highest BCUT2D eigenvalue weighted by atomic mass is 19.4. The van der Waals surface area contributed by atoms with E-state index in [0.29, 0.717) is 5.69 Å². The molecule has 2 aromatic rings. The van der Waals surface area contributed by atoms with E-state index in [9.17, 15) is 22.4 Å². The Morgan fingerprint density at radius 1 is 1.04 bits per heavy atom. The van der Waals surface area contributed by atoms with E-state index in [2.05, 4.69) is 5.32 Å². The molecule has 0 aromatic heterocycles. The van der Waals surface area contributed by atoms with Gasteiger partial charge in [0.15, 0.2) is 0 Å². The minimum Gasteiger partial charge on any atom is -0.378 e. The molecule has 0 atom stereocenters. The van der Waals surface area contributed by atoms with Crippen molar-refractivity contribution in [2.45, 2.75) is 6.18 Å². The topological polar surface area (TPSA) is 32.3 Å². The van der Waals surface area contributed by atoms with Gasteiger partial charge < -0.3 is 10.2 Å². The summed E-state index contributed by atoms with van der Waals surface area (Å²) in [5, 5.41) is 2.22. The van der Waals surface area contributed by atoms with Crippen LogP contribution in [0.25, 0.3) is 0 Å². The zero-order valence-corrected chi connectivity index (χ0v) is 12.4. The minimum atomic E-state index is -4.61. The van der Waals surface area contributed by atoms with Gasteiger partial charge in [-0.25, -0.2) is 4.39 Å². The lowest BCUT2D eigenvalue weighted by Gasteiger charge is -2.18. The summed E-state index contributed by atoms with van der Waals surface area (Å²) >= 11 is 0. The molecule has 1 amide bonds. The molecule has 122 valence electrons. The Bertz CT molecular complexity index is 709. The van der Waals surface area contributed by atoms with Crippen LogP contribution in [0.15, 0.2) is 42.5 Å². The number of benzene rings is 2. The number of hydrogen-bond donors (Lipinski definition) is 1. The molecule has 23 heavy (non-hydrogen) atoms. The SMILES string of the molecule is CN(C)c1ccc(NC(=O)c2ccc(F)cc2)c(C(F)(F)F)c1. The highest BCUT2D eigenvalue weighted by Gasteiger charge is 2.34. The van der Waals surface area contributed by atoms with E-state index >= 15 is 0 Å². The van der Waals surface area contributed by atoms with Gasteiger partial charge in [0.25, 0.3) is 5.91 Å². The standard InChI is InChI=1S/C16H14F4N2O/c1-22(2)12-7-8-14(13(9-12)16(18,19)20)21-15(23)10-3-5-11(17)6-4-10/h3-9H,1-2H3,(H,21,23). The molecule has 0 fully saturated rings. The van der Waals surface area contributed by atoms with Crippen molar-refractivity contribution in [3.05, 3.63) is 59.4 Å². The molecule has 0 saturated carbocycles. The maximum atomic E-state index is 13.2. The van der Waals surface area contributed by atoms with Gasteiger partial charge in [-0.1, -0.05) is 0 Å². The second-order valence-electron chi connectivity index (χ2n) is 5.08. The van der Waals surface area contributed by atoms with Gasteiger partial charge in [-0.05, 0) is 42.5 Å². The van der Waals surface area contributed by atoms with E-state index < -0.39 is 23.5 Å². The lowest BCUT2D eigenvalue weighted by Crippen LogP contribution is -2.18. The number of nitrogens with zero attached hydrogens (tertiary/aromatic N) is 1. The van der Waals surface area contributed by atoms with Crippen molar-refractivity contribution in [1.82, 2.24) is 0 Å². The van der Waals surface area contributed by atoms with Crippen LogP contribution >= 0.6 is 0 Å². The molecule has 0 aliphatic rings. The van der Waals surface area contributed by atoms with Gasteiger partial charge in [0.05, 0.1) is 11.3 Å². The molecule has 2 rings (SSSR count). The number of carbonyl (C=O) groups is 1. The molecule has 2 aromatic carbocycles. The maximum Gasteiger partial charge on any atom is 0.418 e. The third-order valence-corrected chi connectivity index (χ3v) is 3.18. The van der Waals surface area contributed by atoms with Crippen molar-refractivity contribution in [3.8, 4) is 0 Å². The fourth-order valence-corrected chi connectivity index (χ4v) is 1.95. The molecule has 0 heterocycles. The number of anilines is 2. The normalized spacial score (nSPS) is 11.2. The van der Waals surface area contributed by atoms with Gasteiger partial charge in [-0.2, -0.15) is 13.2 Å². The summed E-state index contributed by atoms with van der Waals surface area (Å²) in [5.41, 5.74) is -0.870. The molecule has 0 bridgehead atoms. The molecule has 7 heteroatoms. The Morgan fingerprint density at radius 3 is 2.17 bits per heavy atom. The molecule has 0 saturated heterocycles. The van der Waals surface area contributed by atoms with Gasteiger partial charge in [-0.15, -0.1) is 0 Å². The first-order valence-corrected chi connectivity index (χ1v) is 6.64. The molecule has 0 radical (unpaired) electrons. The van der Waals surface area contributed by atoms with Gasteiger partial charge >= 0.3 is 6.18 Å². The van der Waals surface area contributed by atoms with Gasteiger partial charge in [0.2, 0.25) is 0 Å². The van der Waals surface area contributed by atoms with Gasteiger partial charge in [0, 0.05) is 25.3 Å². The van der Waals surface area contributed by atoms with Crippen LogP contribution in [0.1, 0.15) is 15.9 Å². The summed E-state index contributed by atoms with van der Waals surface area (Å²) in [6.45, 7) is 0. The number of nitrogens with one attached hydrogen (secondary N) is 1. The van der Waals surface area contributed by atoms with Crippen molar-refractivity contribution >= 4 is 17.3 Å². The molecule has 0 unspecified atom stereocenters. The molecule has 3 nitrogen and oxygen atoms in total. The molecule has 1 N–H and O–H groups in total.